The number of nitrogens with one attached hydrogen (secondary N) is 1. The summed E-state index contributed by atoms with van der Waals surface area (Å²) in [4.78, 5) is 27.3. The molecule has 23 heavy (non-hydrogen) atoms. The van der Waals surface area contributed by atoms with E-state index in [-0.39, 0.29) is 18.7 Å². The number of hydrogen-bond acceptors (Lipinski definition) is 5. The number of rotatable bonds is 9. The summed E-state index contributed by atoms with van der Waals surface area (Å²) in [7, 11) is 1.79. The maximum absolute atomic E-state index is 12.0. The van der Waals surface area contributed by atoms with Crippen molar-refractivity contribution >= 4 is 11.9 Å². The lowest BCUT2D eigenvalue weighted by Gasteiger charge is -2.14. The van der Waals surface area contributed by atoms with Crippen molar-refractivity contribution < 1.29 is 14.7 Å². The Balaban J connectivity index is 1.81. The topological polar surface area (TPSA) is 109 Å². The number of aromatic nitrogens is 2. The van der Waals surface area contributed by atoms with E-state index in [1.54, 1.807) is 24.1 Å². The minimum absolute atomic E-state index is 0.138. The molecule has 0 spiro atoms. The molecule has 1 aromatic heterocycles. The van der Waals surface area contributed by atoms with Gasteiger partial charge in [0.1, 0.15) is 6.04 Å². The lowest BCUT2D eigenvalue weighted by molar-refractivity contribution is -0.141. The summed E-state index contributed by atoms with van der Waals surface area (Å²) < 4.78 is 1.72. The first-order valence-electron chi connectivity index (χ1n) is 7.31. The van der Waals surface area contributed by atoms with Gasteiger partial charge in [-0.2, -0.15) is 10.2 Å². The van der Waals surface area contributed by atoms with Crippen LogP contribution in [0.2, 0.25) is 0 Å². The van der Waals surface area contributed by atoms with E-state index in [0.717, 1.165) is 0 Å². The SMILES string of the molecule is C#CCCC1(CCC(=O)N[C@@H](Cc2cn(C)cn2)C(=O)O)N=N1. The van der Waals surface area contributed by atoms with E-state index in [9.17, 15) is 14.7 Å². The number of terminal acetylenes is 1. The Morgan fingerprint density at radius 2 is 2.22 bits per heavy atom. The Morgan fingerprint density at radius 1 is 1.48 bits per heavy atom. The first-order chi connectivity index (χ1) is 10.9. The van der Waals surface area contributed by atoms with Crippen molar-refractivity contribution in [1.29, 1.82) is 0 Å². The molecule has 0 bridgehead atoms. The van der Waals surface area contributed by atoms with E-state index in [1.165, 1.54) is 0 Å². The largest absolute Gasteiger partial charge is 0.480 e. The van der Waals surface area contributed by atoms with Gasteiger partial charge in [-0.25, -0.2) is 9.78 Å². The van der Waals surface area contributed by atoms with E-state index < -0.39 is 17.7 Å². The van der Waals surface area contributed by atoms with Crippen molar-refractivity contribution in [2.24, 2.45) is 17.3 Å². The van der Waals surface area contributed by atoms with Gasteiger partial charge in [-0.3, -0.25) is 4.79 Å². The normalized spacial score (nSPS) is 15.7. The van der Waals surface area contributed by atoms with Crippen LogP contribution in [-0.2, 0) is 23.1 Å². The van der Waals surface area contributed by atoms with Gasteiger partial charge in [0.25, 0.3) is 0 Å². The standard InChI is InChI=1S/C15H19N5O3/c1-3-4-6-15(18-19-15)7-5-13(21)17-12(14(22)23)8-11-9-20(2)10-16-11/h1,9-10,12H,4-8H2,2H3,(H,17,21)(H,22,23)/t12-/m0/s1. The zero-order valence-electron chi connectivity index (χ0n) is 12.9. The van der Waals surface area contributed by atoms with E-state index in [4.69, 9.17) is 6.42 Å². The number of carbonyl (C=O) groups is 2. The van der Waals surface area contributed by atoms with Crippen LogP contribution in [0.5, 0.6) is 0 Å². The molecule has 2 heterocycles. The van der Waals surface area contributed by atoms with Gasteiger partial charge < -0.3 is 15.0 Å². The molecule has 2 rings (SSSR count). The molecule has 1 aliphatic heterocycles. The van der Waals surface area contributed by atoms with Crippen molar-refractivity contribution in [2.45, 2.75) is 43.8 Å². The Labute approximate surface area is 134 Å². The molecule has 8 heteroatoms. The smallest absolute Gasteiger partial charge is 0.326 e. The van der Waals surface area contributed by atoms with Crippen LogP contribution in [0.15, 0.2) is 22.8 Å². The molecule has 1 aliphatic rings. The first-order valence-corrected chi connectivity index (χ1v) is 7.31. The van der Waals surface area contributed by atoms with Crippen LogP contribution >= 0.6 is 0 Å². The van der Waals surface area contributed by atoms with Gasteiger partial charge in [-0.15, -0.1) is 12.3 Å². The summed E-state index contributed by atoms with van der Waals surface area (Å²) in [6.07, 6.45) is 10.4. The molecule has 0 saturated carbocycles. The molecule has 1 aromatic rings. The van der Waals surface area contributed by atoms with Crippen LogP contribution in [0, 0.1) is 12.3 Å². The fourth-order valence-electron chi connectivity index (χ4n) is 2.23. The van der Waals surface area contributed by atoms with Crippen LogP contribution in [-0.4, -0.2) is 38.2 Å². The second kappa shape index (κ2) is 7.05. The average molecular weight is 317 g/mol. The summed E-state index contributed by atoms with van der Waals surface area (Å²) in [6, 6.07) is -1.01. The summed E-state index contributed by atoms with van der Waals surface area (Å²) in [5.41, 5.74) is 0.0709. The molecule has 0 fully saturated rings. The van der Waals surface area contributed by atoms with Crippen molar-refractivity contribution in [3.05, 3.63) is 18.2 Å². The summed E-state index contributed by atoms with van der Waals surface area (Å²) in [5.74, 6) is 1.09. The molecule has 0 aliphatic carbocycles. The summed E-state index contributed by atoms with van der Waals surface area (Å²) in [6.45, 7) is 0. The number of hydrogen-bond donors (Lipinski definition) is 2. The van der Waals surface area contributed by atoms with Gasteiger partial charge in [0, 0.05) is 45.3 Å². The van der Waals surface area contributed by atoms with Crippen LogP contribution in [0.25, 0.3) is 0 Å². The Hall–Kier alpha value is -2.69. The molecule has 2 N–H and O–H groups in total. The Morgan fingerprint density at radius 3 is 2.74 bits per heavy atom. The third-order valence-electron chi connectivity index (χ3n) is 3.61. The third kappa shape index (κ3) is 4.92. The lowest BCUT2D eigenvalue weighted by atomic mass is 10.0. The highest BCUT2D eigenvalue weighted by Crippen LogP contribution is 2.37. The van der Waals surface area contributed by atoms with Crippen LogP contribution in [0.1, 0.15) is 31.4 Å². The molecule has 1 amide bonds. The fourth-order valence-corrected chi connectivity index (χ4v) is 2.23. The Bertz CT molecular complexity index is 652. The number of nitrogens with zero attached hydrogens (tertiary/aromatic N) is 4. The monoisotopic (exact) mass is 317 g/mol. The zero-order valence-corrected chi connectivity index (χ0v) is 12.9. The molecule has 122 valence electrons. The van der Waals surface area contributed by atoms with E-state index in [1.807, 2.05) is 0 Å². The molecule has 1 atom stereocenters. The van der Waals surface area contributed by atoms with Gasteiger partial charge in [0.2, 0.25) is 5.91 Å². The van der Waals surface area contributed by atoms with Gasteiger partial charge in [0.05, 0.1) is 12.0 Å². The second-order valence-corrected chi connectivity index (χ2v) is 5.58. The highest BCUT2D eigenvalue weighted by atomic mass is 16.4. The number of carbonyl (C=O) groups excluding carboxylic acids is 1. The fraction of sp³-hybridized carbons (Fsp3) is 0.533. The Kier molecular flexibility index (Phi) is 5.11. The highest BCUT2D eigenvalue weighted by molar-refractivity contribution is 5.83. The van der Waals surface area contributed by atoms with Gasteiger partial charge in [0.15, 0.2) is 5.66 Å². The molecule has 0 radical (unpaired) electrons. The van der Waals surface area contributed by atoms with Crippen molar-refractivity contribution in [3.63, 3.8) is 0 Å². The quantitative estimate of drug-likeness (QED) is 0.659. The molecule has 8 nitrogen and oxygen atoms in total. The van der Waals surface area contributed by atoms with Gasteiger partial charge >= 0.3 is 5.97 Å². The molecule has 0 aromatic carbocycles. The molecular formula is C15H19N5O3. The number of aliphatic carboxylic acids is 1. The first kappa shape index (κ1) is 16.7. The van der Waals surface area contributed by atoms with E-state index >= 15 is 0 Å². The van der Waals surface area contributed by atoms with Crippen molar-refractivity contribution in [1.82, 2.24) is 14.9 Å². The van der Waals surface area contributed by atoms with Crippen molar-refractivity contribution in [2.75, 3.05) is 0 Å². The number of amides is 1. The number of aryl methyl sites for hydroxylation is 1. The van der Waals surface area contributed by atoms with E-state index in [2.05, 4.69) is 26.4 Å². The second-order valence-electron chi connectivity index (χ2n) is 5.58. The lowest BCUT2D eigenvalue weighted by Crippen LogP contribution is -2.42. The average Bonchev–Trinajstić information content (AvgIpc) is 3.17. The number of imidazole rings is 1. The highest BCUT2D eigenvalue weighted by Gasteiger charge is 2.39. The van der Waals surface area contributed by atoms with Crippen LogP contribution in [0.3, 0.4) is 0 Å². The maximum Gasteiger partial charge on any atom is 0.326 e. The number of carboxylic acid groups (broad SMARTS) is 1. The van der Waals surface area contributed by atoms with Crippen LogP contribution < -0.4 is 5.32 Å². The van der Waals surface area contributed by atoms with E-state index in [0.29, 0.717) is 25.0 Å². The summed E-state index contributed by atoms with van der Waals surface area (Å²) >= 11 is 0. The maximum atomic E-state index is 12.0. The zero-order chi connectivity index (χ0) is 16.9. The predicted octanol–water partition coefficient (Wildman–Crippen LogP) is 0.888. The molecule has 0 unspecified atom stereocenters. The minimum Gasteiger partial charge on any atom is -0.480 e. The van der Waals surface area contributed by atoms with Crippen molar-refractivity contribution in [3.8, 4) is 12.3 Å². The third-order valence-corrected chi connectivity index (χ3v) is 3.61. The minimum atomic E-state index is -1.09. The van der Waals surface area contributed by atoms with Gasteiger partial charge in [-0.1, -0.05) is 0 Å². The number of carboxylic acids is 1. The predicted molar refractivity (Wildman–Crippen MR) is 81.4 cm³/mol. The molecular weight excluding hydrogens is 298 g/mol. The summed E-state index contributed by atoms with van der Waals surface area (Å²) in [5, 5.41) is 19.7. The molecule has 0 saturated heterocycles. The van der Waals surface area contributed by atoms with Crippen LogP contribution in [0.4, 0.5) is 0 Å². The van der Waals surface area contributed by atoms with Gasteiger partial charge in [-0.05, 0) is 0 Å².